The normalized spacial score (nSPS) is 11.8. The van der Waals surface area contributed by atoms with Crippen molar-refractivity contribution < 1.29 is 0 Å². The van der Waals surface area contributed by atoms with Gasteiger partial charge in [0.1, 0.15) is 0 Å². The van der Waals surface area contributed by atoms with Crippen molar-refractivity contribution in [2.45, 2.75) is 40.5 Å². The molecule has 0 saturated heterocycles. The average molecular weight is 184 g/mol. The first-order chi connectivity index (χ1) is 6.13. The van der Waals surface area contributed by atoms with Gasteiger partial charge in [-0.3, -0.25) is 4.99 Å². The van der Waals surface area contributed by atoms with Crippen LogP contribution in [-0.4, -0.2) is 19.4 Å². The zero-order chi connectivity index (χ0) is 10.1. The van der Waals surface area contributed by atoms with Gasteiger partial charge in [-0.1, -0.05) is 27.7 Å². The molecule has 0 unspecified atom stereocenters. The number of nitrogens with one attached hydrogen (secondary N) is 1. The fraction of sp³-hybridized carbons (Fsp3) is 0.909. The van der Waals surface area contributed by atoms with E-state index in [1.807, 2.05) is 6.34 Å². The standard InChI is InChI=1S/C11H24N2/c1-10(2)5-7-12-9-13-8-6-11(3)4/h9-11H,5-8H2,1-4H3,(H,12,13). The lowest BCUT2D eigenvalue weighted by Crippen LogP contribution is -2.14. The lowest BCUT2D eigenvalue weighted by atomic mass is 10.1. The molecule has 0 aromatic heterocycles. The Labute approximate surface area is 82.8 Å². The van der Waals surface area contributed by atoms with Crippen molar-refractivity contribution in [3.8, 4) is 0 Å². The van der Waals surface area contributed by atoms with Crippen molar-refractivity contribution in [2.75, 3.05) is 13.1 Å². The molecule has 0 heterocycles. The molecular weight excluding hydrogens is 160 g/mol. The van der Waals surface area contributed by atoms with Gasteiger partial charge in [0.15, 0.2) is 0 Å². The molecular formula is C11H24N2. The highest BCUT2D eigenvalue weighted by Gasteiger charge is 1.91. The molecule has 0 aliphatic heterocycles. The van der Waals surface area contributed by atoms with E-state index < -0.39 is 0 Å². The molecule has 0 aromatic carbocycles. The summed E-state index contributed by atoms with van der Waals surface area (Å²) >= 11 is 0. The van der Waals surface area contributed by atoms with Crippen molar-refractivity contribution in [3.05, 3.63) is 0 Å². The summed E-state index contributed by atoms with van der Waals surface area (Å²) in [5, 5.41) is 3.20. The maximum Gasteiger partial charge on any atom is 0.0823 e. The summed E-state index contributed by atoms with van der Waals surface area (Å²) in [6.45, 7) is 10.9. The largest absolute Gasteiger partial charge is 0.376 e. The fourth-order valence-corrected chi connectivity index (χ4v) is 0.898. The van der Waals surface area contributed by atoms with Crippen LogP contribution in [0.15, 0.2) is 4.99 Å². The molecule has 0 rings (SSSR count). The second kappa shape index (κ2) is 8.09. The third kappa shape index (κ3) is 11.5. The van der Waals surface area contributed by atoms with Crippen LogP contribution in [0.4, 0.5) is 0 Å². The Morgan fingerprint density at radius 1 is 1.08 bits per heavy atom. The molecule has 2 heteroatoms. The number of hydrogen-bond acceptors (Lipinski definition) is 1. The zero-order valence-electron chi connectivity index (χ0n) is 9.51. The lowest BCUT2D eigenvalue weighted by molar-refractivity contribution is 0.577. The minimum absolute atomic E-state index is 0.757. The maximum absolute atomic E-state index is 4.27. The average Bonchev–Trinajstić information content (AvgIpc) is 2.01. The van der Waals surface area contributed by atoms with Gasteiger partial charge in [-0.2, -0.15) is 0 Å². The summed E-state index contributed by atoms with van der Waals surface area (Å²) in [5.41, 5.74) is 0. The quantitative estimate of drug-likeness (QED) is 0.367. The van der Waals surface area contributed by atoms with Gasteiger partial charge in [-0.05, 0) is 24.7 Å². The molecule has 13 heavy (non-hydrogen) atoms. The molecule has 0 atom stereocenters. The van der Waals surface area contributed by atoms with E-state index in [1.165, 1.54) is 12.8 Å². The summed E-state index contributed by atoms with van der Waals surface area (Å²) in [6.07, 6.45) is 4.25. The van der Waals surface area contributed by atoms with Gasteiger partial charge in [0.25, 0.3) is 0 Å². The molecule has 0 fully saturated rings. The van der Waals surface area contributed by atoms with Crippen LogP contribution in [0.5, 0.6) is 0 Å². The summed E-state index contributed by atoms with van der Waals surface area (Å²) in [4.78, 5) is 4.27. The Balaban J connectivity index is 3.13. The Bertz CT molecular complexity index is 128. The molecule has 0 radical (unpaired) electrons. The lowest BCUT2D eigenvalue weighted by Gasteiger charge is -2.03. The van der Waals surface area contributed by atoms with Gasteiger partial charge in [0, 0.05) is 13.1 Å². The van der Waals surface area contributed by atoms with Gasteiger partial charge in [0.2, 0.25) is 0 Å². The Hall–Kier alpha value is -0.530. The molecule has 0 aliphatic carbocycles. The van der Waals surface area contributed by atoms with Crippen molar-refractivity contribution in [1.29, 1.82) is 0 Å². The monoisotopic (exact) mass is 184 g/mol. The van der Waals surface area contributed by atoms with E-state index in [2.05, 4.69) is 38.0 Å². The summed E-state index contributed by atoms with van der Waals surface area (Å²) in [7, 11) is 0. The number of hydrogen-bond donors (Lipinski definition) is 1. The van der Waals surface area contributed by atoms with Gasteiger partial charge < -0.3 is 5.32 Å². The van der Waals surface area contributed by atoms with Crippen LogP contribution in [-0.2, 0) is 0 Å². The molecule has 0 saturated carbocycles. The molecule has 0 bridgehead atoms. The van der Waals surface area contributed by atoms with Crippen LogP contribution in [0.2, 0.25) is 0 Å². The highest BCUT2D eigenvalue weighted by atomic mass is 14.9. The molecule has 0 aliphatic rings. The van der Waals surface area contributed by atoms with Crippen molar-refractivity contribution in [1.82, 2.24) is 5.32 Å². The minimum atomic E-state index is 0.757. The van der Waals surface area contributed by atoms with E-state index in [-0.39, 0.29) is 0 Å². The third-order valence-electron chi connectivity index (χ3n) is 1.88. The van der Waals surface area contributed by atoms with E-state index in [4.69, 9.17) is 0 Å². The highest BCUT2D eigenvalue weighted by molar-refractivity contribution is 5.53. The maximum atomic E-state index is 4.27. The number of rotatable bonds is 7. The van der Waals surface area contributed by atoms with E-state index in [0.29, 0.717) is 0 Å². The van der Waals surface area contributed by atoms with Crippen molar-refractivity contribution >= 4 is 6.34 Å². The van der Waals surface area contributed by atoms with Crippen LogP contribution >= 0.6 is 0 Å². The smallest absolute Gasteiger partial charge is 0.0823 e. The molecule has 78 valence electrons. The molecule has 0 amide bonds. The molecule has 2 nitrogen and oxygen atoms in total. The van der Waals surface area contributed by atoms with Crippen LogP contribution in [0, 0.1) is 11.8 Å². The molecule has 0 aromatic rings. The van der Waals surface area contributed by atoms with Gasteiger partial charge in [0.05, 0.1) is 6.34 Å². The highest BCUT2D eigenvalue weighted by Crippen LogP contribution is 1.98. The third-order valence-corrected chi connectivity index (χ3v) is 1.88. The zero-order valence-corrected chi connectivity index (χ0v) is 9.51. The fourth-order valence-electron chi connectivity index (χ4n) is 0.898. The van der Waals surface area contributed by atoms with E-state index in [0.717, 1.165) is 24.9 Å². The first-order valence-electron chi connectivity index (χ1n) is 5.34. The first-order valence-corrected chi connectivity index (χ1v) is 5.34. The van der Waals surface area contributed by atoms with Crippen molar-refractivity contribution in [2.24, 2.45) is 16.8 Å². The van der Waals surface area contributed by atoms with E-state index in [9.17, 15) is 0 Å². The SMILES string of the molecule is CC(C)CCN=CNCCC(C)C. The van der Waals surface area contributed by atoms with Gasteiger partial charge >= 0.3 is 0 Å². The van der Waals surface area contributed by atoms with Gasteiger partial charge in [-0.25, -0.2) is 0 Å². The predicted molar refractivity (Wildman–Crippen MR) is 60.3 cm³/mol. The molecule has 1 N–H and O–H groups in total. The summed E-state index contributed by atoms with van der Waals surface area (Å²) in [5.74, 6) is 1.53. The van der Waals surface area contributed by atoms with Crippen LogP contribution in [0.25, 0.3) is 0 Å². The van der Waals surface area contributed by atoms with Crippen LogP contribution in [0.3, 0.4) is 0 Å². The predicted octanol–water partition coefficient (Wildman–Crippen LogP) is 2.70. The second-order valence-corrected chi connectivity index (χ2v) is 4.35. The van der Waals surface area contributed by atoms with E-state index >= 15 is 0 Å². The number of aliphatic imine (C=N–C) groups is 1. The Morgan fingerprint density at radius 2 is 1.69 bits per heavy atom. The number of nitrogens with zero attached hydrogens (tertiary/aromatic N) is 1. The first kappa shape index (κ1) is 12.5. The Kier molecular flexibility index (Phi) is 7.76. The summed E-state index contributed by atoms with van der Waals surface area (Å²) in [6, 6.07) is 0. The van der Waals surface area contributed by atoms with E-state index in [1.54, 1.807) is 0 Å². The van der Waals surface area contributed by atoms with Crippen LogP contribution in [0.1, 0.15) is 40.5 Å². The Morgan fingerprint density at radius 3 is 2.23 bits per heavy atom. The van der Waals surface area contributed by atoms with Crippen LogP contribution < -0.4 is 5.32 Å². The second-order valence-electron chi connectivity index (χ2n) is 4.35. The van der Waals surface area contributed by atoms with Crippen molar-refractivity contribution in [3.63, 3.8) is 0 Å². The summed E-state index contributed by atoms with van der Waals surface area (Å²) < 4.78 is 0. The van der Waals surface area contributed by atoms with Gasteiger partial charge in [-0.15, -0.1) is 0 Å². The molecule has 0 spiro atoms. The minimum Gasteiger partial charge on any atom is -0.376 e. The topological polar surface area (TPSA) is 24.4 Å².